The van der Waals surface area contributed by atoms with Crippen molar-refractivity contribution in [1.29, 1.82) is 0 Å². The van der Waals surface area contributed by atoms with Crippen molar-refractivity contribution < 1.29 is 37.7 Å². The van der Waals surface area contributed by atoms with Crippen LogP contribution in [0.2, 0.25) is 0 Å². The van der Waals surface area contributed by atoms with Crippen molar-refractivity contribution in [3.63, 3.8) is 0 Å². The van der Waals surface area contributed by atoms with Crippen molar-refractivity contribution in [2.45, 2.75) is 65.7 Å². The van der Waals surface area contributed by atoms with Crippen molar-refractivity contribution in [2.75, 3.05) is 72.6 Å². The van der Waals surface area contributed by atoms with E-state index < -0.39 is 6.17 Å². The summed E-state index contributed by atoms with van der Waals surface area (Å²) in [4.78, 5) is 23.5. The number of halogens is 1. The molecule has 202 valence electrons. The monoisotopic (exact) mass is 494 g/mol. The van der Waals surface area contributed by atoms with Crippen LogP contribution >= 0.6 is 0 Å². The summed E-state index contributed by atoms with van der Waals surface area (Å²) in [5, 5.41) is 5.38. The Morgan fingerprint density at radius 2 is 1.41 bits per heavy atom. The second kappa shape index (κ2) is 23.4. The Morgan fingerprint density at radius 1 is 0.824 bits per heavy atom. The number of carbonyl (C=O) groups is 2. The average molecular weight is 495 g/mol. The minimum atomic E-state index is -1.24. The Morgan fingerprint density at radius 3 is 1.97 bits per heavy atom. The third kappa shape index (κ3) is 20.1. The van der Waals surface area contributed by atoms with Gasteiger partial charge in [0.1, 0.15) is 12.8 Å². The van der Waals surface area contributed by atoms with Crippen molar-refractivity contribution in [3.05, 3.63) is 0 Å². The largest absolute Gasteiger partial charge is 0.377 e. The van der Waals surface area contributed by atoms with Crippen LogP contribution in [0.3, 0.4) is 0 Å². The smallest absolute Gasteiger partial charge is 0.246 e. The quantitative estimate of drug-likeness (QED) is 0.198. The zero-order chi connectivity index (χ0) is 25.4. The lowest BCUT2D eigenvalue weighted by Gasteiger charge is -2.15. The van der Waals surface area contributed by atoms with E-state index >= 15 is 0 Å². The van der Waals surface area contributed by atoms with Gasteiger partial charge in [0.25, 0.3) is 0 Å². The fourth-order valence-corrected chi connectivity index (χ4v) is 2.80. The number of alkyl halides is 1. The molecule has 0 aromatic rings. The number of hydrogen-bond acceptors (Lipinski definition) is 7. The number of hydrogen-bond donors (Lipinski definition) is 2. The highest BCUT2D eigenvalue weighted by molar-refractivity contribution is 5.78. The van der Waals surface area contributed by atoms with Gasteiger partial charge in [0.15, 0.2) is 0 Å². The first kappa shape index (κ1) is 32.7. The molecule has 0 aliphatic carbocycles. The fraction of sp³-hybridized carbons (Fsp3) is 0.917. The number of amides is 2. The van der Waals surface area contributed by atoms with Gasteiger partial charge in [-0.15, -0.1) is 0 Å². The summed E-state index contributed by atoms with van der Waals surface area (Å²) < 4.78 is 40.5. The van der Waals surface area contributed by atoms with Crippen molar-refractivity contribution >= 4 is 11.8 Å². The Kier molecular flexibility index (Phi) is 22.5. The third-order valence-corrected chi connectivity index (χ3v) is 5.06. The lowest BCUT2D eigenvalue weighted by atomic mass is 10.00. The topological polar surface area (TPSA) is 104 Å². The number of ether oxygens (including phenoxy) is 5. The predicted molar refractivity (Wildman–Crippen MR) is 129 cm³/mol. The first-order valence-electron chi connectivity index (χ1n) is 12.5. The van der Waals surface area contributed by atoms with E-state index in [0.29, 0.717) is 46.2 Å². The molecule has 3 atom stereocenters. The summed E-state index contributed by atoms with van der Waals surface area (Å²) in [5.74, 6) is -0.287. The number of rotatable bonds is 24. The maximum atomic E-state index is 13.8. The van der Waals surface area contributed by atoms with E-state index in [4.69, 9.17) is 23.7 Å². The molecule has 2 N–H and O–H groups in total. The standard InChI is InChI=1S/C24H47FN2O7/c1-5-8-21(7-3)24(29)27-17-22(25)18-33-16-15-32-14-13-31-12-11-30-10-9-26-23(28)19-34-20(4)6-2/h20-22H,5-19H2,1-4H3,(H,26,28)(H,27,29). The zero-order valence-corrected chi connectivity index (χ0v) is 21.6. The van der Waals surface area contributed by atoms with Crippen LogP contribution in [-0.2, 0) is 33.3 Å². The summed E-state index contributed by atoms with van der Waals surface area (Å²) >= 11 is 0. The van der Waals surface area contributed by atoms with Crippen LogP contribution in [0.4, 0.5) is 4.39 Å². The van der Waals surface area contributed by atoms with E-state index in [1.165, 1.54) is 0 Å². The number of nitrogens with one attached hydrogen (secondary N) is 2. The van der Waals surface area contributed by atoms with Gasteiger partial charge in [-0.1, -0.05) is 27.2 Å². The average Bonchev–Trinajstić information content (AvgIpc) is 2.84. The summed E-state index contributed by atoms with van der Waals surface area (Å²) in [5.41, 5.74) is 0. The zero-order valence-electron chi connectivity index (χ0n) is 21.6. The second-order valence-electron chi connectivity index (χ2n) is 8.03. The van der Waals surface area contributed by atoms with Crippen LogP contribution in [-0.4, -0.2) is 96.6 Å². The Hall–Kier alpha value is -1.33. The lowest BCUT2D eigenvalue weighted by molar-refractivity contribution is -0.127. The van der Waals surface area contributed by atoms with E-state index in [1.54, 1.807) is 0 Å². The normalized spacial score (nSPS) is 13.9. The summed E-state index contributed by atoms with van der Waals surface area (Å²) in [6, 6.07) is 0. The van der Waals surface area contributed by atoms with Gasteiger partial charge in [-0.3, -0.25) is 9.59 Å². The highest BCUT2D eigenvalue weighted by Gasteiger charge is 2.16. The molecule has 10 heteroatoms. The molecule has 0 heterocycles. The van der Waals surface area contributed by atoms with Crippen molar-refractivity contribution in [3.8, 4) is 0 Å². The van der Waals surface area contributed by atoms with Crippen LogP contribution < -0.4 is 10.6 Å². The van der Waals surface area contributed by atoms with Gasteiger partial charge in [-0.05, 0) is 26.2 Å². The van der Waals surface area contributed by atoms with E-state index in [-0.39, 0.29) is 50.2 Å². The molecule has 2 amide bonds. The molecule has 0 fully saturated rings. The molecule has 34 heavy (non-hydrogen) atoms. The molecule has 0 bridgehead atoms. The molecule has 0 rings (SSSR count). The lowest BCUT2D eigenvalue weighted by Crippen LogP contribution is -2.36. The summed E-state index contributed by atoms with van der Waals surface area (Å²) in [7, 11) is 0. The van der Waals surface area contributed by atoms with Gasteiger partial charge in [-0.25, -0.2) is 4.39 Å². The molecular weight excluding hydrogens is 447 g/mol. The van der Waals surface area contributed by atoms with Gasteiger partial charge < -0.3 is 34.3 Å². The van der Waals surface area contributed by atoms with Gasteiger partial charge in [0.2, 0.25) is 11.8 Å². The van der Waals surface area contributed by atoms with Gasteiger partial charge in [0.05, 0.1) is 65.5 Å². The number of carbonyl (C=O) groups excluding carboxylic acids is 2. The Bertz CT molecular complexity index is 500. The molecule has 9 nitrogen and oxygen atoms in total. The molecule has 0 aromatic carbocycles. The molecule has 0 radical (unpaired) electrons. The highest BCUT2D eigenvalue weighted by atomic mass is 19.1. The second-order valence-corrected chi connectivity index (χ2v) is 8.03. The maximum Gasteiger partial charge on any atom is 0.246 e. The Labute approximate surface area is 204 Å². The third-order valence-electron chi connectivity index (χ3n) is 5.06. The minimum absolute atomic E-state index is 0.0329. The highest BCUT2D eigenvalue weighted by Crippen LogP contribution is 2.10. The molecule has 0 aliphatic heterocycles. The van der Waals surface area contributed by atoms with E-state index in [9.17, 15) is 14.0 Å². The first-order valence-corrected chi connectivity index (χ1v) is 12.5. The van der Waals surface area contributed by atoms with Crippen molar-refractivity contribution in [1.82, 2.24) is 10.6 Å². The molecule has 3 unspecified atom stereocenters. The van der Waals surface area contributed by atoms with Gasteiger partial charge in [-0.2, -0.15) is 0 Å². The molecular formula is C24H47FN2O7. The van der Waals surface area contributed by atoms with E-state index in [2.05, 4.69) is 10.6 Å². The first-order chi connectivity index (χ1) is 16.4. The van der Waals surface area contributed by atoms with Crippen LogP contribution in [0.25, 0.3) is 0 Å². The van der Waals surface area contributed by atoms with Crippen LogP contribution in [0.5, 0.6) is 0 Å². The fourth-order valence-electron chi connectivity index (χ4n) is 2.80. The molecule has 0 saturated heterocycles. The van der Waals surface area contributed by atoms with Gasteiger partial charge >= 0.3 is 0 Å². The van der Waals surface area contributed by atoms with E-state index in [1.807, 2.05) is 27.7 Å². The molecule has 0 spiro atoms. The van der Waals surface area contributed by atoms with Crippen LogP contribution in [0.15, 0.2) is 0 Å². The van der Waals surface area contributed by atoms with E-state index in [0.717, 1.165) is 25.7 Å². The SMILES string of the molecule is CCCC(CC)C(=O)NCC(F)COCCOCCOCCOCCNC(=O)COC(C)CC. The van der Waals surface area contributed by atoms with Crippen molar-refractivity contribution in [2.24, 2.45) is 5.92 Å². The molecule has 0 saturated carbocycles. The maximum absolute atomic E-state index is 13.8. The molecule has 0 aliphatic rings. The minimum Gasteiger partial charge on any atom is -0.377 e. The molecule has 0 aromatic heterocycles. The Balaban J connectivity index is 3.39. The summed E-state index contributed by atoms with van der Waals surface area (Å²) in [6.45, 7) is 11.0. The van der Waals surface area contributed by atoms with Gasteiger partial charge in [0, 0.05) is 12.5 Å². The summed E-state index contributed by atoms with van der Waals surface area (Å²) in [6.07, 6.45) is 2.22. The predicted octanol–water partition coefficient (Wildman–Crippen LogP) is 2.26. The van der Waals surface area contributed by atoms with Crippen LogP contribution in [0, 0.1) is 5.92 Å². The van der Waals surface area contributed by atoms with Crippen LogP contribution in [0.1, 0.15) is 53.4 Å².